The molecule has 4 nitrogen and oxygen atoms in total. The first-order valence-electron chi connectivity index (χ1n) is 8.05. The summed E-state index contributed by atoms with van der Waals surface area (Å²) in [6.07, 6.45) is 0.999. The van der Waals surface area contributed by atoms with Crippen molar-refractivity contribution in [2.45, 2.75) is 19.5 Å². The Morgan fingerprint density at radius 2 is 2.12 bits per heavy atom. The van der Waals surface area contributed by atoms with Crippen molar-refractivity contribution in [3.05, 3.63) is 64.2 Å². The molecular formula is C19H18N4S. The van der Waals surface area contributed by atoms with Crippen molar-refractivity contribution in [1.82, 2.24) is 14.7 Å². The summed E-state index contributed by atoms with van der Waals surface area (Å²) in [5, 5.41) is 16.4. The van der Waals surface area contributed by atoms with Gasteiger partial charge in [-0.25, -0.2) is 0 Å². The van der Waals surface area contributed by atoms with E-state index in [9.17, 15) is 5.26 Å². The van der Waals surface area contributed by atoms with E-state index < -0.39 is 0 Å². The van der Waals surface area contributed by atoms with E-state index in [-0.39, 0.29) is 0 Å². The Morgan fingerprint density at radius 3 is 2.92 bits per heavy atom. The van der Waals surface area contributed by atoms with Gasteiger partial charge in [0.1, 0.15) is 5.69 Å². The molecule has 0 aliphatic carbocycles. The Bertz CT molecular complexity index is 902. The Kier molecular flexibility index (Phi) is 3.93. The number of nitrogens with zero attached hydrogens (tertiary/aromatic N) is 4. The SMILES string of the molecule is CN1CCc2c(c(-c3cccs3)nn2Cc2ccccc2C#N)C1. The lowest BCUT2D eigenvalue weighted by atomic mass is 10.0. The van der Waals surface area contributed by atoms with Crippen LogP contribution in [0.25, 0.3) is 10.6 Å². The maximum Gasteiger partial charge on any atom is 0.107 e. The van der Waals surface area contributed by atoms with Gasteiger partial charge in [-0.1, -0.05) is 24.3 Å². The van der Waals surface area contributed by atoms with Crippen LogP contribution in [0.1, 0.15) is 22.4 Å². The summed E-state index contributed by atoms with van der Waals surface area (Å²) in [6, 6.07) is 14.3. The number of benzene rings is 1. The molecule has 3 aromatic rings. The van der Waals surface area contributed by atoms with Gasteiger partial charge in [0.15, 0.2) is 0 Å². The highest BCUT2D eigenvalue weighted by Gasteiger charge is 2.24. The summed E-state index contributed by atoms with van der Waals surface area (Å²) in [6.45, 7) is 2.63. The van der Waals surface area contributed by atoms with Gasteiger partial charge in [0.05, 0.1) is 23.1 Å². The Hall–Kier alpha value is -2.42. The van der Waals surface area contributed by atoms with Crippen molar-refractivity contribution in [1.29, 1.82) is 5.26 Å². The summed E-state index contributed by atoms with van der Waals surface area (Å²) < 4.78 is 2.10. The van der Waals surface area contributed by atoms with E-state index in [2.05, 4.69) is 40.2 Å². The lowest BCUT2D eigenvalue weighted by Crippen LogP contribution is -2.27. The van der Waals surface area contributed by atoms with Crippen molar-refractivity contribution < 1.29 is 0 Å². The predicted octanol–water partition coefficient (Wildman–Crippen LogP) is 3.52. The van der Waals surface area contributed by atoms with E-state index >= 15 is 0 Å². The van der Waals surface area contributed by atoms with Crippen LogP contribution < -0.4 is 0 Å². The summed E-state index contributed by atoms with van der Waals surface area (Å²) in [5.74, 6) is 0. The largest absolute Gasteiger partial charge is 0.302 e. The number of hydrogen-bond acceptors (Lipinski definition) is 4. The number of likely N-dealkylation sites (N-methyl/N-ethyl adjacent to an activating group) is 1. The molecule has 5 heteroatoms. The molecule has 1 aliphatic heterocycles. The zero-order chi connectivity index (χ0) is 16.5. The minimum absolute atomic E-state index is 0.654. The molecule has 0 N–H and O–H groups in total. The number of nitriles is 1. The first kappa shape index (κ1) is 15.1. The maximum absolute atomic E-state index is 9.34. The molecule has 0 spiro atoms. The van der Waals surface area contributed by atoms with E-state index in [0.717, 1.165) is 36.3 Å². The van der Waals surface area contributed by atoms with Gasteiger partial charge in [-0.05, 0) is 30.1 Å². The molecule has 24 heavy (non-hydrogen) atoms. The van der Waals surface area contributed by atoms with Gasteiger partial charge in [-0.15, -0.1) is 11.3 Å². The molecule has 0 unspecified atom stereocenters. The Morgan fingerprint density at radius 1 is 1.25 bits per heavy atom. The third-order valence-corrected chi connectivity index (χ3v) is 5.41. The van der Waals surface area contributed by atoms with Gasteiger partial charge >= 0.3 is 0 Å². The topological polar surface area (TPSA) is 44.9 Å². The van der Waals surface area contributed by atoms with E-state index in [1.807, 2.05) is 24.3 Å². The Balaban J connectivity index is 1.79. The average molecular weight is 334 g/mol. The molecule has 1 aromatic carbocycles. The number of fused-ring (bicyclic) bond motifs is 1. The molecule has 4 rings (SSSR count). The molecule has 1 aliphatic rings. The van der Waals surface area contributed by atoms with Crippen molar-refractivity contribution >= 4 is 11.3 Å². The zero-order valence-corrected chi connectivity index (χ0v) is 14.4. The normalized spacial score (nSPS) is 14.3. The molecule has 120 valence electrons. The second-order valence-electron chi connectivity index (χ2n) is 6.17. The van der Waals surface area contributed by atoms with Crippen LogP contribution in [-0.2, 0) is 19.5 Å². The van der Waals surface area contributed by atoms with Crippen LogP contribution >= 0.6 is 11.3 Å². The second kappa shape index (κ2) is 6.23. The van der Waals surface area contributed by atoms with Crippen LogP contribution in [0.2, 0.25) is 0 Å². The highest BCUT2D eigenvalue weighted by Crippen LogP contribution is 2.32. The highest BCUT2D eigenvalue weighted by molar-refractivity contribution is 7.13. The fourth-order valence-corrected chi connectivity index (χ4v) is 4.03. The third kappa shape index (κ3) is 2.64. The average Bonchev–Trinajstić information content (AvgIpc) is 3.23. The fourth-order valence-electron chi connectivity index (χ4n) is 3.30. The van der Waals surface area contributed by atoms with Crippen LogP contribution in [0.15, 0.2) is 41.8 Å². The minimum atomic E-state index is 0.654. The van der Waals surface area contributed by atoms with E-state index in [1.54, 1.807) is 11.3 Å². The first-order chi connectivity index (χ1) is 11.8. The van der Waals surface area contributed by atoms with Gasteiger partial charge < -0.3 is 4.90 Å². The van der Waals surface area contributed by atoms with Crippen molar-refractivity contribution in [3.8, 4) is 16.6 Å². The van der Waals surface area contributed by atoms with Gasteiger partial charge in [0.2, 0.25) is 0 Å². The summed E-state index contributed by atoms with van der Waals surface area (Å²) in [4.78, 5) is 3.56. The van der Waals surface area contributed by atoms with Gasteiger partial charge in [-0.2, -0.15) is 10.4 Å². The molecule has 2 aromatic heterocycles. The molecule has 0 atom stereocenters. The van der Waals surface area contributed by atoms with Crippen LogP contribution in [0, 0.1) is 11.3 Å². The van der Waals surface area contributed by atoms with Gasteiger partial charge in [0, 0.05) is 30.8 Å². The smallest absolute Gasteiger partial charge is 0.107 e. The summed E-state index contributed by atoms with van der Waals surface area (Å²) >= 11 is 1.73. The quantitative estimate of drug-likeness (QED) is 0.736. The van der Waals surface area contributed by atoms with Crippen molar-refractivity contribution in [2.24, 2.45) is 0 Å². The molecule has 3 heterocycles. The van der Waals surface area contributed by atoms with Crippen molar-refractivity contribution in [3.63, 3.8) is 0 Å². The van der Waals surface area contributed by atoms with E-state index in [4.69, 9.17) is 5.10 Å². The molecular weight excluding hydrogens is 316 g/mol. The highest BCUT2D eigenvalue weighted by atomic mass is 32.1. The van der Waals surface area contributed by atoms with Crippen LogP contribution in [0.4, 0.5) is 0 Å². The van der Waals surface area contributed by atoms with Gasteiger partial charge in [-0.3, -0.25) is 4.68 Å². The second-order valence-corrected chi connectivity index (χ2v) is 7.11. The molecule has 0 saturated carbocycles. The molecule has 0 amide bonds. The Labute approximate surface area is 145 Å². The third-order valence-electron chi connectivity index (χ3n) is 4.54. The van der Waals surface area contributed by atoms with E-state index in [1.165, 1.54) is 16.1 Å². The van der Waals surface area contributed by atoms with E-state index in [0.29, 0.717) is 6.54 Å². The number of thiophene rings is 1. The van der Waals surface area contributed by atoms with Crippen LogP contribution in [0.5, 0.6) is 0 Å². The molecule has 0 bridgehead atoms. The van der Waals surface area contributed by atoms with Gasteiger partial charge in [0.25, 0.3) is 0 Å². The van der Waals surface area contributed by atoms with Crippen LogP contribution in [-0.4, -0.2) is 28.3 Å². The summed E-state index contributed by atoms with van der Waals surface area (Å²) in [5.41, 5.74) is 5.50. The lowest BCUT2D eigenvalue weighted by molar-refractivity contribution is 0.308. The summed E-state index contributed by atoms with van der Waals surface area (Å²) in [7, 11) is 2.16. The number of hydrogen-bond donors (Lipinski definition) is 0. The monoisotopic (exact) mass is 334 g/mol. The van der Waals surface area contributed by atoms with Crippen LogP contribution in [0.3, 0.4) is 0 Å². The predicted molar refractivity (Wildman–Crippen MR) is 95.8 cm³/mol. The maximum atomic E-state index is 9.34. The standard InChI is InChI=1S/C19H18N4S/c1-22-9-8-17-16(13-22)19(18-7-4-10-24-18)21-23(17)12-15-6-3-2-5-14(15)11-20/h2-7,10H,8-9,12-13H2,1H3. The lowest BCUT2D eigenvalue weighted by Gasteiger charge is -2.23. The number of rotatable bonds is 3. The minimum Gasteiger partial charge on any atom is -0.302 e. The zero-order valence-electron chi connectivity index (χ0n) is 13.6. The van der Waals surface area contributed by atoms with Crippen molar-refractivity contribution in [2.75, 3.05) is 13.6 Å². The first-order valence-corrected chi connectivity index (χ1v) is 8.93. The fraction of sp³-hybridized carbons (Fsp3) is 0.263. The molecule has 0 fully saturated rings. The molecule has 0 radical (unpaired) electrons. The number of aromatic nitrogens is 2. The molecule has 0 saturated heterocycles.